The number of rotatable bonds is 3. The zero-order valence-electron chi connectivity index (χ0n) is 14.8. The van der Waals surface area contributed by atoms with Gasteiger partial charge in [0.15, 0.2) is 6.23 Å². The summed E-state index contributed by atoms with van der Waals surface area (Å²) in [5, 5.41) is 11.2. The second kappa shape index (κ2) is 6.88. The van der Waals surface area contributed by atoms with E-state index in [1.807, 2.05) is 0 Å². The van der Waals surface area contributed by atoms with E-state index in [2.05, 4.69) is 9.97 Å². The highest BCUT2D eigenvalue weighted by molar-refractivity contribution is 6.35. The van der Waals surface area contributed by atoms with E-state index in [4.69, 9.17) is 11.6 Å². The summed E-state index contributed by atoms with van der Waals surface area (Å²) in [6.45, 7) is 0. The molecule has 1 aromatic carbocycles. The monoisotopic (exact) mass is 402 g/mol. The minimum Gasteiger partial charge on any atom is -0.371 e. The van der Waals surface area contributed by atoms with Crippen LogP contribution in [0.3, 0.4) is 0 Å². The predicted octanol–water partition coefficient (Wildman–Crippen LogP) is 2.79. The Labute approximate surface area is 164 Å². The van der Waals surface area contributed by atoms with Crippen molar-refractivity contribution in [2.45, 2.75) is 18.7 Å². The Kier molecular flexibility index (Phi) is 4.52. The van der Waals surface area contributed by atoms with Crippen LogP contribution in [0.1, 0.15) is 15.9 Å². The third kappa shape index (κ3) is 2.81. The molecule has 28 heavy (non-hydrogen) atoms. The predicted molar refractivity (Wildman–Crippen MR) is 100 cm³/mol. The second-order valence-corrected chi connectivity index (χ2v) is 6.97. The van der Waals surface area contributed by atoms with Gasteiger partial charge in [-0.2, -0.15) is 0 Å². The van der Waals surface area contributed by atoms with Gasteiger partial charge in [-0.1, -0.05) is 11.6 Å². The first-order chi connectivity index (χ1) is 13.4. The Morgan fingerprint density at radius 3 is 2.89 bits per heavy atom. The van der Waals surface area contributed by atoms with Crippen LogP contribution < -0.4 is 0 Å². The minimum atomic E-state index is -1.19. The summed E-state index contributed by atoms with van der Waals surface area (Å²) in [5.74, 6) is -1.10. The Balaban J connectivity index is 1.71. The molecular weight excluding hydrogens is 387 g/mol. The van der Waals surface area contributed by atoms with Gasteiger partial charge in [-0.05, 0) is 36.2 Å². The molecule has 1 aliphatic heterocycles. The lowest BCUT2D eigenvalue weighted by Crippen LogP contribution is -2.42. The van der Waals surface area contributed by atoms with E-state index >= 15 is 0 Å². The van der Waals surface area contributed by atoms with Crippen molar-refractivity contribution in [1.29, 1.82) is 0 Å². The van der Waals surface area contributed by atoms with Crippen molar-refractivity contribution in [2.75, 3.05) is 7.05 Å². The number of likely N-dealkylation sites (N-methyl/N-ethyl adjacent to an activating group) is 1. The lowest BCUT2D eigenvalue weighted by Gasteiger charge is -2.22. The van der Waals surface area contributed by atoms with Crippen LogP contribution in [0.25, 0.3) is 10.9 Å². The average molecular weight is 403 g/mol. The number of hydrogen-bond acceptors (Lipinski definition) is 4. The normalized spacial score (nSPS) is 19.6. The van der Waals surface area contributed by atoms with Crippen LogP contribution in [0, 0.1) is 5.82 Å². The van der Waals surface area contributed by atoms with Crippen molar-refractivity contribution >= 4 is 34.4 Å². The van der Waals surface area contributed by atoms with Gasteiger partial charge in [0, 0.05) is 31.0 Å². The van der Waals surface area contributed by atoms with Crippen LogP contribution in [0.15, 0.2) is 42.9 Å². The summed E-state index contributed by atoms with van der Waals surface area (Å²) < 4.78 is 13.7. The molecule has 0 radical (unpaired) electrons. The number of imide groups is 1. The number of H-pyrrole nitrogens is 1. The average Bonchev–Trinajstić information content (AvgIpc) is 3.20. The van der Waals surface area contributed by atoms with Crippen molar-refractivity contribution in [3.05, 3.63) is 64.8 Å². The number of hydrogen-bond donors (Lipinski definition) is 2. The van der Waals surface area contributed by atoms with E-state index in [1.165, 1.54) is 25.5 Å². The van der Waals surface area contributed by atoms with Crippen molar-refractivity contribution in [2.24, 2.45) is 0 Å². The molecule has 4 rings (SSSR count). The molecule has 0 saturated carbocycles. The van der Waals surface area contributed by atoms with Crippen molar-refractivity contribution in [3.8, 4) is 0 Å². The molecule has 1 fully saturated rings. The molecule has 2 aromatic heterocycles. The first-order valence-electron chi connectivity index (χ1n) is 8.52. The van der Waals surface area contributed by atoms with E-state index in [9.17, 15) is 19.1 Å². The third-order valence-electron chi connectivity index (χ3n) is 4.97. The third-order valence-corrected chi connectivity index (χ3v) is 5.34. The lowest BCUT2D eigenvalue weighted by atomic mass is 10.0. The summed E-state index contributed by atoms with van der Waals surface area (Å²) in [6, 6.07) is 4.55. The number of carbonyl (C=O) groups is 2. The molecule has 1 saturated heterocycles. The van der Waals surface area contributed by atoms with E-state index in [1.54, 1.807) is 24.4 Å². The lowest BCUT2D eigenvalue weighted by molar-refractivity contribution is 0.0413. The van der Waals surface area contributed by atoms with Crippen LogP contribution in [0.2, 0.25) is 5.02 Å². The highest BCUT2D eigenvalue weighted by Gasteiger charge is 2.46. The first kappa shape index (κ1) is 18.4. The topological polar surface area (TPSA) is 89.5 Å². The zero-order chi connectivity index (χ0) is 20.0. The Morgan fingerprint density at radius 2 is 2.18 bits per heavy atom. The minimum absolute atomic E-state index is 0.0350. The highest BCUT2D eigenvalue weighted by atomic mass is 35.5. The second-order valence-electron chi connectivity index (χ2n) is 6.59. The van der Waals surface area contributed by atoms with Gasteiger partial charge >= 0.3 is 6.03 Å². The van der Waals surface area contributed by atoms with E-state index in [-0.39, 0.29) is 17.0 Å². The molecule has 3 aromatic rings. The highest BCUT2D eigenvalue weighted by Crippen LogP contribution is 2.31. The van der Waals surface area contributed by atoms with E-state index < -0.39 is 30.0 Å². The van der Waals surface area contributed by atoms with Crippen LogP contribution in [0.4, 0.5) is 9.18 Å². The van der Waals surface area contributed by atoms with Gasteiger partial charge in [0.1, 0.15) is 10.8 Å². The van der Waals surface area contributed by atoms with Crippen LogP contribution in [-0.4, -0.2) is 56.1 Å². The maximum atomic E-state index is 13.7. The summed E-state index contributed by atoms with van der Waals surface area (Å²) in [4.78, 5) is 34.5. The first-order valence-corrected chi connectivity index (χ1v) is 8.90. The van der Waals surface area contributed by atoms with Crippen molar-refractivity contribution < 1.29 is 19.1 Å². The van der Waals surface area contributed by atoms with Gasteiger partial charge in [0.25, 0.3) is 5.91 Å². The zero-order valence-corrected chi connectivity index (χ0v) is 15.5. The molecule has 3 amide bonds. The molecule has 0 spiro atoms. The molecule has 2 N–H and O–H groups in total. The fourth-order valence-corrected chi connectivity index (χ4v) is 3.69. The number of urea groups is 1. The van der Waals surface area contributed by atoms with Gasteiger partial charge in [0.05, 0.1) is 17.1 Å². The number of nitrogens with zero attached hydrogens (tertiary/aromatic N) is 3. The van der Waals surface area contributed by atoms with Crippen molar-refractivity contribution in [1.82, 2.24) is 19.8 Å². The molecule has 9 heteroatoms. The number of halogens is 2. The number of aromatic nitrogens is 2. The Bertz CT molecular complexity index is 1070. The summed E-state index contributed by atoms with van der Waals surface area (Å²) in [6.07, 6.45) is 3.51. The van der Waals surface area contributed by atoms with Gasteiger partial charge in [-0.25, -0.2) is 9.18 Å². The smallest absolute Gasteiger partial charge is 0.329 e. The maximum absolute atomic E-state index is 13.7. The van der Waals surface area contributed by atoms with Gasteiger partial charge in [0.2, 0.25) is 0 Å². The number of nitrogens with one attached hydrogen (secondary N) is 1. The molecule has 7 nitrogen and oxygen atoms in total. The fraction of sp³-hybridized carbons (Fsp3) is 0.211. The van der Waals surface area contributed by atoms with Gasteiger partial charge < -0.3 is 10.1 Å². The molecule has 2 atom stereocenters. The number of carbonyl (C=O) groups excluding carboxylic acids is 2. The largest absolute Gasteiger partial charge is 0.371 e. The maximum Gasteiger partial charge on any atom is 0.329 e. The summed E-state index contributed by atoms with van der Waals surface area (Å²) in [7, 11) is 1.43. The molecule has 144 valence electrons. The van der Waals surface area contributed by atoms with Crippen molar-refractivity contribution in [3.63, 3.8) is 0 Å². The molecule has 0 bridgehead atoms. The molecule has 1 aliphatic rings. The molecule has 1 unspecified atom stereocenters. The Hall–Kier alpha value is -2.97. The molecular formula is C19H16ClFN4O3. The summed E-state index contributed by atoms with van der Waals surface area (Å²) >= 11 is 6.00. The van der Waals surface area contributed by atoms with Crippen LogP contribution in [0.5, 0.6) is 0 Å². The molecule has 3 heterocycles. The van der Waals surface area contributed by atoms with E-state index in [0.717, 1.165) is 9.80 Å². The van der Waals surface area contributed by atoms with Crippen LogP contribution in [-0.2, 0) is 6.42 Å². The summed E-state index contributed by atoms with van der Waals surface area (Å²) in [5.41, 5.74) is 1.37. The van der Waals surface area contributed by atoms with Crippen LogP contribution >= 0.6 is 11.6 Å². The standard InChI is InChI=1S/C19H16ClFN4O3/c1-24-18(27)14(25(19(24)28)17(26)10-3-2-6-22-8-10)7-11-9-23-16-12(11)4-5-13(21)15(16)20/h2-6,8-9,14,18,23,27H,7H2,1H3/t14-,18?/m1/s1. The van der Waals surface area contributed by atoms with Gasteiger partial charge in [-0.3, -0.25) is 19.6 Å². The fourth-order valence-electron chi connectivity index (χ4n) is 3.47. The quantitative estimate of drug-likeness (QED) is 0.705. The number of aliphatic hydroxyl groups excluding tert-OH is 1. The number of fused-ring (bicyclic) bond motifs is 1. The Morgan fingerprint density at radius 1 is 1.39 bits per heavy atom. The SMILES string of the molecule is CN1C(=O)N(C(=O)c2cccnc2)[C@H](Cc2c[nH]c3c(Cl)c(F)ccc23)C1O. The number of amides is 3. The number of aromatic amines is 1. The van der Waals surface area contributed by atoms with E-state index in [0.29, 0.717) is 16.5 Å². The van der Waals surface area contributed by atoms with Gasteiger partial charge in [-0.15, -0.1) is 0 Å². The number of pyridine rings is 1. The number of aliphatic hydroxyl groups is 1. The number of benzene rings is 1. The molecule has 0 aliphatic carbocycles.